The van der Waals surface area contributed by atoms with Crippen molar-refractivity contribution in [2.45, 2.75) is 58.2 Å². The highest BCUT2D eigenvalue weighted by Gasteiger charge is 2.32. The van der Waals surface area contributed by atoms with E-state index >= 15 is 0 Å². The maximum absolute atomic E-state index is 13.1. The molecule has 3 aromatic rings. The zero-order chi connectivity index (χ0) is 21.5. The summed E-state index contributed by atoms with van der Waals surface area (Å²) in [6.07, 6.45) is 10.3. The number of aromatic nitrogens is 3. The Morgan fingerprint density at radius 3 is 2.87 bits per heavy atom. The molecule has 1 saturated carbocycles. The summed E-state index contributed by atoms with van der Waals surface area (Å²) in [4.78, 5) is 17.6. The van der Waals surface area contributed by atoms with Crippen LogP contribution in [-0.4, -0.2) is 32.6 Å². The molecule has 6 heteroatoms. The molecule has 1 aliphatic carbocycles. The molecule has 0 unspecified atom stereocenters. The number of carbonyl (C=O) groups excluding carboxylic acids is 1. The number of carbonyl (C=O) groups is 1. The molecule has 1 fully saturated rings. The molecule has 3 heterocycles. The summed E-state index contributed by atoms with van der Waals surface area (Å²) < 4.78 is 4.37. The van der Waals surface area contributed by atoms with Crippen LogP contribution in [-0.2, 0) is 24.8 Å². The summed E-state index contributed by atoms with van der Waals surface area (Å²) in [6.45, 7) is 6.04. The van der Waals surface area contributed by atoms with Crippen molar-refractivity contribution in [2.24, 2.45) is 18.9 Å². The molecule has 1 aliphatic heterocycles. The molecule has 0 spiro atoms. The molecule has 0 saturated heterocycles. The van der Waals surface area contributed by atoms with Crippen molar-refractivity contribution in [3.8, 4) is 0 Å². The molecule has 31 heavy (non-hydrogen) atoms. The van der Waals surface area contributed by atoms with Crippen molar-refractivity contribution >= 4 is 16.8 Å². The number of benzene rings is 1. The van der Waals surface area contributed by atoms with E-state index in [1.807, 2.05) is 19.4 Å². The van der Waals surface area contributed by atoms with Crippen molar-refractivity contribution in [2.75, 3.05) is 6.54 Å². The fourth-order valence-corrected chi connectivity index (χ4v) is 4.88. The van der Waals surface area contributed by atoms with Gasteiger partial charge in [-0.2, -0.15) is 0 Å². The predicted molar refractivity (Wildman–Crippen MR) is 123 cm³/mol. The van der Waals surface area contributed by atoms with Crippen LogP contribution in [0.15, 0.2) is 36.8 Å². The Morgan fingerprint density at radius 2 is 2.16 bits per heavy atom. The van der Waals surface area contributed by atoms with E-state index in [9.17, 15) is 4.79 Å². The first kappa shape index (κ1) is 20.3. The first-order valence-corrected chi connectivity index (χ1v) is 11.6. The second kappa shape index (κ2) is 8.15. The molecule has 2 aromatic heterocycles. The Labute approximate surface area is 184 Å². The zero-order valence-corrected chi connectivity index (χ0v) is 18.8. The van der Waals surface area contributed by atoms with E-state index in [0.717, 1.165) is 25.3 Å². The summed E-state index contributed by atoms with van der Waals surface area (Å²) in [5.74, 6) is 2.39. The lowest BCUT2D eigenvalue weighted by molar-refractivity contribution is -0.123. The molecule has 2 aliphatic rings. The van der Waals surface area contributed by atoms with Gasteiger partial charge in [-0.1, -0.05) is 26.0 Å². The number of hydrogen-bond donors (Lipinski definition) is 2. The first-order valence-electron chi connectivity index (χ1n) is 11.6. The molecule has 6 nitrogen and oxygen atoms in total. The van der Waals surface area contributed by atoms with Crippen LogP contribution in [0, 0.1) is 11.8 Å². The van der Waals surface area contributed by atoms with Gasteiger partial charge in [0.15, 0.2) is 0 Å². The molecule has 1 aromatic carbocycles. The average molecular weight is 420 g/mol. The maximum atomic E-state index is 13.1. The van der Waals surface area contributed by atoms with Gasteiger partial charge in [-0.05, 0) is 54.7 Å². The Morgan fingerprint density at radius 1 is 1.32 bits per heavy atom. The lowest BCUT2D eigenvalue weighted by Gasteiger charge is -2.25. The number of imidazole rings is 1. The van der Waals surface area contributed by atoms with Crippen LogP contribution >= 0.6 is 0 Å². The van der Waals surface area contributed by atoms with Crippen LogP contribution in [0.4, 0.5) is 0 Å². The second-order valence-electron chi connectivity index (χ2n) is 9.77. The Hall–Kier alpha value is -2.60. The molecule has 1 amide bonds. The smallest absolute Gasteiger partial charge is 0.237 e. The average Bonchev–Trinajstić information content (AvgIpc) is 3.43. The van der Waals surface area contributed by atoms with Crippen LogP contribution in [0.3, 0.4) is 0 Å². The van der Waals surface area contributed by atoms with Crippen molar-refractivity contribution in [3.63, 3.8) is 0 Å². The third kappa shape index (κ3) is 4.13. The summed E-state index contributed by atoms with van der Waals surface area (Å²) in [5, 5.41) is 8.24. The van der Waals surface area contributed by atoms with Gasteiger partial charge in [0, 0.05) is 49.1 Å². The molecule has 0 bridgehead atoms. The van der Waals surface area contributed by atoms with Gasteiger partial charge in [0.05, 0.1) is 12.6 Å². The van der Waals surface area contributed by atoms with Gasteiger partial charge in [-0.3, -0.25) is 10.1 Å². The molecule has 2 atom stereocenters. The summed E-state index contributed by atoms with van der Waals surface area (Å²) in [7, 11) is 2.03. The number of hydrogen-bond acceptors (Lipinski definition) is 3. The van der Waals surface area contributed by atoms with Gasteiger partial charge >= 0.3 is 0 Å². The first-order chi connectivity index (χ1) is 15.0. The number of aryl methyl sites for hydroxylation is 1. The van der Waals surface area contributed by atoms with Crippen molar-refractivity contribution in [1.29, 1.82) is 0 Å². The van der Waals surface area contributed by atoms with Crippen LogP contribution in [0.2, 0.25) is 0 Å². The highest BCUT2D eigenvalue weighted by molar-refractivity contribution is 5.90. The minimum absolute atomic E-state index is 0.137. The van der Waals surface area contributed by atoms with E-state index in [1.54, 1.807) is 0 Å². The van der Waals surface area contributed by atoms with E-state index in [-0.39, 0.29) is 18.0 Å². The number of nitrogens with zero attached hydrogens (tertiary/aromatic N) is 3. The Bertz CT molecular complexity index is 1090. The quantitative estimate of drug-likeness (QED) is 0.616. The van der Waals surface area contributed by atoms with E-state index < -0.39 is 0 Å². The maximum Gasteiger partial charge on any atom is 0.237 e. The fourth-order valence-electron chi connectivity index (χ4n) is 4.88. The minimum atomic E-state index is -0.206. The Balaban J connectivity index is 1.52. The normalized spacial score (nSPS) is 20.9. The SMILES string of the molecule is CC(C)C[C@@H]1N[C@H](C(=O)NCC2CC2)Cc2cn(Cc3nccn3C)c3cccc1c23. The number of rotatable bonds is 7. The number of nitrogens with one attached hydrogen (secondary N) is 2. The van der Waals surface area contributed by atoms with Crippen molar-refractivity contribution < 1.29 is 4.79 Å². The number of amides is 1. The molecule has 164 valence electrons. The van der Waals surface area contributed by atoms with Gasteiger partial charge < -0.3 is 14.5 Å². The van der Waals surface area contributed by atoms with Crippen LogP contribution < -0.4 is 10.6 Å². The minimum Gasteiger partial charge on any atom is -0.354 e. The van der Waals surface area contributed by atoms with E-state index in [4.69, 9.17) is 0 Å². The highest BCUT2D eigenvalue weighted by atomic mass is 16.2. The summed E-state index contributed by atoms with van der Waals surface area (Å²) in [5.41, 5.74) is 3.80. The third-order valence-electron chi connectivity index (χ3n) is 6.74. The summed E-state index contributed by atoms with van der Waals surface area (Å²) >= 11 is 0. The van der Waals surface area contributed by atoms with Gasteiger partial charge in [0.25, 0.3) is 0 Å². The van der Waals surface area contributed by atoms with Crippen LogP contribution in [0.5, 0.6) is 0 Å². The molecule has 2 N–H and O–H groups in total. The van der Waals surface area contributed by atoms with Gasteiger partial charge in [0.2, 0.25) is 5.91 Å². The van der Waals surface area contributed by atoms with E-state index in [0.29, 0.717) is 18.3 Å². The van der Waals surface area contributed by atoms with E-state index in [1.165, 1.54) is 34.9 Å². The second-order valence-corrected chi connectivity index (χ2v) is 9.77. The topological polar surface area (TPSA) is 63.9 Å². The van der Waals surface area contributed by atoms with Crippen LogP contribution in [0.1, 0.15) is 56.1 Å². The van der Waals surface area contributed by atoms with Gasteiger partial charge in [0.1, 0.15) is 5.82 Å². The highest BCUT2D eigenvalue weighted by Crippen LogP contribution is 2.36. The Kier molecular flexibility index (Phi) is 5.34. The van der Waals surface area contributed by atoms with E-state index in [2.05, 4.69) is 63.0 Å². The lowest BCUT2D eigenvalue weighted by Crippen LogP contribution is -2.47. The standard InChI is InChI=1S/C25H33N5O/c1-16(2)11-20-19-5-4-6-22-24(19)18(14-30(22)15-23-26-9-10-29(23)3)12-21(28-20)25(31)27-13-17-7-8-17/h4-6,9-10,14,16-17,20-21,28H,7-8,11-13,15H2,1-3H3,(H,27,31)/t20-,21-/m0/s1. The summed E-state index contributed by atoms with van der Waals surface area (Å²) in [6, 6.07) is 6.55. The van der Waals surface area contributed by atoms with Gasteiger partial charge in [-0.25, -0.2) is 4.98 Å². The molecule has 5 rings (SSSR count). The monoisotopic (exact) mass is 419 g/mol. The predicted octanol–water partition coefficient (Wildman–Crippen LogP) is 3.55. The molecular weight excluding hydrogens is 386 g/mol. The molecular formula is C25H33N5O. The third-order valence-corrected chi connectivity index (χ3v) is 6.74. The lowest BCUT2D eigenvalue weighted by atomic mass is 9.94. The van der Waals surface area contributed by atoms with Crippen molar-refractivity contribution in [3.05, 3.63) is 53.7 Å². The fraction of sp³-hybridized carbons (Fsp3) is 0.520. The largest absolute Gasteiger partial charge is 0.354 e. The van der Waals surface area contributed by atoms with Gasteiger partial charge in [-0.15, -0.1) is 0 Å². The zero-order valence-electron chi connectivity index (χ0n) is 18.8. The van der Waals surface area contributed by atoms with Crippen molar-refractivity contribution in [1.82, 2.24) is 24.8 Å². The van der Waals surface area contributed by atoms with Crippen LogP contribution in [0.25, 0.3) is 10.9 Å². The molecule has 0 radical (unpaired) electrons.